The minimum atomic E-state index is -0.381. The Bertz CT molecular complexity index is 2330. The van der Waals surface area contributed by atoms with E-state index in [-0.39, 0.29) is 5.41 Å². The number of rotatable bonds is 3. The molecule has 3 aromatic carbocycles. The van der Waals surface area contributed by atoms with Crippen LogP contribution in [0.4, 0.5) is 0 Å². The van der Waals surface area contributed by atoms with E-state index < -0.39 is 0 Å². The number of allylic oxidation sites excluding steroid dienone is 10. The first-order valence-corrected chi connectivity index (χ1v) is 17.9. The van der Waals surface area contributed by atoms with Gasteiger partial charge in [-0.25, -0.2) is 9.97 Å². The first-order valence-electron chi connectivity index (χ1n) is 17.9. The Morgan fingerprint density at radius 3 is 2.35 bits per heavy atom. The van der Waals surface area contributed by atoms with Crippen LogP contribution in [0.2, 0.25) is 0 Å². The first kappa shape index (κ1) is 28.0. The molecule has 1 unspecified atom stereocenters. The van der Waals surface area contributed by atoms with E-state index in [0.29, 0.717) is 0 Å². The van der Waals surface area contributed by atoms with Crippen molar-refractivity contribution in [2.24, 2.45) is 0 Å². The lowest BCUT2D eigenvalue weighted by Crippen LogP contribution is -2.36. The molecule has 3 nitrogen and oxygen atoms in total. The fourth-order valence-corrected chi connectivity index (χ4v) is 9.35. The Morgan fingerprint density at radius 2 is 1.44 bits per heavy atom. The lowest BCUT2D eigenvalue weighted by molar-refractivity contribution is 0.430. The number of fused-ring (bicyclic) bond motifs is 9. The molecule has 1 aromatic heterocycles. The Kier molecular flexibility index (Phi) is 6.44. The van der Waals surface area contributed by atoms with E-state index in [4.69, 9.17) is 14.7 Å². The molecular weight excluding hydrogens is 585 g/mol. The smallest absolute Gasteiger partial charge is 0.156 e. The van der Waals surface area contributed by atoms with E-state index in [1.54, 1.807) is 0 Å². The van der Waals surface area contributed by atoms with Gasteiger partial charge in [0.1, 0.15) is 11.5 Å². The average Bonchev–Trinajstić information content (AvgIpc) is 3.45. The van der Waals surface area contributed by atoms with Crippen molar-refractivity contribution in [1.29, 1.82) is 0 Å². The molecular formula is C45H38N2O. The zero-order valence-corrected chi connectivity index (χ0v) is 27.3. The molecule has 5 aliphatic carbocycles. The summed E-state index contributed by atoms with van der Waals surface area (Å²) >= 11 is 0. The van der Waals surface area contributed by atoms with Crippen LogP contribution in [0.25, 0.3) is 34.4 Å². The van der Waals surface area contributed by atoms with Gasteiger partial charge in [0.15, 0.2) is 5.82 Å². The van der Waals surface area contributed by atoms with Crippen LogP contribution >= 0.6 is 0 Å². The van der Waals surface area contributed by atoms with Gasteiger partial charge in [0, 0.05) is 27.5 Å². The van der Waals surface area contributed by atoms with Crippen LogP contribution in [0.1, 0.15) is 104 Å². The van der Waals surface area contributed by atoms with Crippen LogP contribution in [0.5, 0.6) is 11.5 Å². The first-order chi connectivity index (χ1) is 23.8. The highest BCUT2D eigenvalue weighted by Gasteiger charge is 2.52. The standard InChI is InChI=1S/C45H38N2O/c1-2-15-29(16-3-1)42-35-21-8-12-27-40(35)46-44(47-42)34-20-5-4-17-30(34)33-22-14-26-39-43(33)48-41-28-13-11-25-38(41)45(39)36-23-9-6-18-31(36)32-19-7-10-24-37(32)45/h1-2,6-7,9,11,13-15,18-19,21-23,25-28H,3-5,8,10,12,16-17,20,24H2. The van der Waals surface area contributed by atoms with Gasteiger partial charge in [0.2, 0.25) is 0 Å². The Morgan fingerprint density at radius 1 is 0.646 bits per heavy atom. The maximum Gasteiger partial charge on any atom is 0.156 e. The lowest BCUT2D eigenvalue weighted by atomic mass is 9.63. The topological polar surface area (TPSA) is 35.0 Å². The van der Waals surface area contributed by atoms with E-state index >= 15 is 0 Å². The molecule has 0 saturated carbocycles. The number of nitrogens with zero attached hydrogens (tertiary/aromatic N) is 2. The fourth-order valence-electron chi connectivity index (χ4n) is 9.35. The SMILES string of the molecule is C1=CCCC(c2nc(C3=C(c4cccc5c4Oc4ccccc4C54C5=C(C=CCC5)c5ccccc54)CCCC3)nc3c2=CCCC=3)=C1. The van der Waals surface area contributed by atoms with Crippen molar-refractivity contribution in [2.45, 2.75) is 69.6 Å². The summed E-state index contributed by atoms with van der Waals surface area (Å²) in [5.74, 6) is 2.86. The normalized spacial score (nSPS) is 21.7. The molecule has 4 aromatic rings. The molecule has 48 heavy (non-hydrogen) atoms. The van der Waals surface area contributed by atoms with E-state index in [0.717, 1.165) is 92.6 Å². The summed E-state index contributed by atoms with van der Waals surface area (Å²) in [6.07, 6.45) is 26.6. The van der Waals surface area contributed by atoms with E-state index in [2.05, 4.69) is 109 Å². The molecule has 1 atom stereocenters. The zero-order chi connectivity index (χ0) is 31.7. The molecule has 234 valence electrons. The van der Waals surface area contributed by atoms with Crippen molar-refractivity contribution in [2.75, 3.05) is 0 Å². The summed E-state index contributed by atoms with van der Waals surface area (Å²) in [6, 6.07) is 24.7. The molecule has 0 fully saturated rings. The Labute approximate surface area is 282 Å². The average molecular weight is 623 g/mol. The maximum absolute atomic E-state index is 7.09. The Balaban J connectivity index is 1.24. The highest BCUT2D eigenvalue weighted by atomic mass is 16.5. The van der Waals surface area contributed by atoms with E-state index in [1.807, 2.05) is 0 Å². The number of hydrogen-bond donors (Lipinski definition) is 0. The minimum Gasteiger partial charge on any atom is -0.456 e. The molecule has 1 spiro atoms. The van der Waals surface area contributed by atoms with Gasteiger partial charge in [-0.15, -0.1) is 0 Å². The second-order valence-electron chi connectivity index (χ2n) is 13.9. The Hall–Kier alpha value is -5.02. The van der Waals surface area contributed by atoms with Crippen molar-refractivity contribution in [1.82, 2.24) is 9.97 Å². The maximum atomic E-state index is 7.09. The van der Waals surface area contributed by atoms with Gasteiger partial charge in [-0.3, -0.25) is 0 Å². The molecule has 0 N–H and O–H groups in total. The number of aromatic nitrogens is 2. The second-order valence-corrected chi connectivity index (χ2v) is 13.9. The molecule has 0 saturated heterocycles. The summed E-state index contributed by atoms with van der Waals surface area (Å²) in [4.78, 5) is 10.7. The van der Waals surface area contributed by atoms with Crippen LogP contribution in [0.15, 0.2) is 103 Å². The summed E-state index contributed by atoms with van der Waals surface area (Å²) in [7, 11) is 0. The molecule has 3 heteroatoms. The third-order valence-corrected chi connectivity index (χ3v) is 11.4. The van der Waals surface area contributed by atoms with Gasteiger partial charge in [0.05, 0.1) is 16.5 Å². The molecule has 10 rings (SSSR count). The van der Waals surface area contributed by atoms with Crippen LogP contribution in [-0.4, -0.2) is 9.97 Å². The van der Waals surface area contributed by atoms with Crippen molar-refractivity contribution < 1.29 is 4.74 Å². The third-order valence-electron chi connectivity index (χ3n) is 11.4. The molecule has 1 aliphatic heterocycles. The van der Waals surface area contributed by atoms with Crippen molar-refractivity contribution in [3.05, 3.63) is 153 Å². The third kappa shape index (κ3) is 4.00. The van der Waals surface area contributed by atoms with Crippen LogP contribution in [0, 0.1) is 0 Å². The molecule has 0 bridgehead atoms. The van der Waals surface area contributed by atoms with E-state index in [1.165, 1.54) is 60.9 Å². The molecule has 6 aliphatic rings. The summed E-state index contributed by atoms with van der Waals surface area (Å²) in [5, 5.41) is 2.31. The van der Waals surface area contributed by atoms with Gasteiger partial charge in [-0.2, -0.15) is 0 Å². The van der Waals surface area contributed by atoms with Gasteiger partial charge in [0.25, 0.3) is 0 Å². The fraction of sp³-hybridized carbons (Fsp3) is 0.244. The van der Waals surface area contributed by atoms with Crippen molar-refractivity contribution in [3.8, 4) is 11.5 Å². The molecule has 0 radical (unpaired) electrons. The zero-order valence-electron chi connectivity index (χ0n) is 27.3. The quantitative estimate of drug-likeness (QED) is 0.228. The number of hydrogen-bond acceptors (Lipinski definition) is 3. The molecule has 2 heterocycles. The predicted octanol–water partition coefficient (Wildman–Crippen LogP) is 9.61. The van der Waals surface area contributed by atoms with Gasteiger partial charge >= 0.3 is 0 Å². The lowest BCUT2D eigenvalue weighted by Gasteiger charge is -2.42. The van der Waals surface area contributed by atoms with Gasteiger partial charge in [-0.05, 0) is 104 Å². The van der Waals surface area contributed by atoms with Crippen LogP contribution < -0.4 is 15.3 Å². The van der Waals surface area contributed by atoms with E-state index in [9.17, 15) is 0 Å². The number of benzene rings is 3. The van der Waals surface area contributed by atoms with Crippen molar-refractivity contribution in [3.63, 3.8) is 0 Å². The van der Waals surface area contributed by atoms with Crippen LogP contribution in [0.3, 0.4) is 0 Å². The van der Waals surface area contributed by atoms with Crippen molar-refractivity contribution >= 4 is 34.4 Å². The van der Waals surface area contributed by atoms with Crippen LogP contribution in [-0.2, 0) is 5.41 Å². The van der Waals surface area contributed by atoms with Gasteiger partial charge < -0.3 is 4.74 Å². The predicted molar refractivity (Wildman–Crippen MR) is 196 cm³/mol. The summed E-state index contributed by atoms with van der Waals surface area (Å²) in [5.41, 5.74) is 14.0. The largest absolute Gasteiger partial charge is 0.456 e. The summed E-state index contributed by atoms with van der Waals surface area (Å²) in [6.45, 7) is 0. The highest BCUT2D eigenvalue weighted by Crippen LogP contribution is 2.63. The second kappa shape index (κ2) is 11.0. The minimum absolute atomic E-state index is 0.381. The monoisotopic (exact) mass is 622 g/mol. The number of para-hydroxylation sites is 2. The molecule has 0 amide bonds. The van der Waals surface area contributed by atoms with Gasteiger partial charge in [-0.1, -0.05) is 103 Å². The highest BCUT2D eigenvalue weighted by molar-refractivity contribution is 5.96. The summed E-state index contributed by atoms with van der Waals surface area (Å²) < 4.78 is 7.09. The number of ether oxygens (including phenoxy) is 1.